The van der Waals surface area contributed by atoms with E-state index in [1.165, 1.54) is 102 Å². The number of carbonyl (C=O) groups is 3. The summed E-state index contributed by atoms with van der Waals surface area (Å²) >= 11 is 0. The van der Waals surface area contributed by atoms with Crippen LogP contribution in [-0.4, -0.2) is 54.0 Å². The number of nitrogens with one attached hydrogen (secondary N) is 2. The molecule has 0 aliphatic rings. The van der Waals surface area contributed by atoms with Gasteiger partial charge in [-0.05, 0) is 30.6 Å². The van der Waals surface area contributed by atoms with Crippen LogP contribution in [0, 0.1) is 0 Å². The molecule has 0 radical (unpaired) electrons. The van der Waals surface area contributed by atoms with Crippen LogP contribution < -0.4 is 15.4 Å². The predicted molar refractivity (Wildman–Crippen MR) is 167 cm³/mol. The fourth-order valence-electron chi connectivity index (χ4n) is 4.71. The standard InChI is InChI=1S/C33H52N4O7/c1-3-4-5-6-7-8-9-10-11-12-13-14-15-16-18-23-35-32(39)41-25-28(44-30-21-24-43-37-30)26-42-33(40)36-31(27(2)38)29-20-17-19-22-34-29/h17,19-22,24,28,31H,3-16,18,23,25-26H2,1-2H3,(H,35,39)(H,36,40). The zero-order chi connectivity index (χ0) is 31.7. The molecule has 0 saturated heterocycles. The summed E-state index contributed by atoms with van der Waals surface area (Å²) < 4.78 is 21.0. The van der Waals surface area contributed by atoms with E-state index >= 15 is 0 Å². The van der Waals surface area contributed by atoms with Gasteiger partial charge in [-0.15, -0.1) is 0 Å². The first kappa shape index (κ1) is 36.6. The Morgan fingerprint density at radius 1 is 0.795 bits per heavy atom. The van der Waals surface area contributed by atoms with Gasteiger partial charge in [0.1, 0.15) is 25.5 Å². The van der Waals surface area contributed by atoms with Gasteiger partial charge in [-0.25, -0.2) is 9.59 Å². The highest BCUT2D eigenvalue weighted by molar-refractivity contribution is 5.86. The average Bonchev–Trinajstić information content (AvgIpc) is 3.54. The van der Waals surface area contributed by atoms with Crippen molar-refractivity contribution in [1.29, 1.82) is 0 Å². The molecule has 2 heterocycles. The van der Waals surface area contributed by atoms with E-state index in [0.29, 0.717) is 12.2 Å². The van der Waals surface area contributed by atoms with E-state index in [-0.39, 0.29) is 24.9 Å². The summed E-state index contributed by atoms with van der Waals surface area (Å²) in [4.78, 5) is 40.8. The third-order valence-corrected chi connectivity index (χ3v) is 7.20. The number of amides is 2. The van der Waals surface area contributed by atoms with Gasteiger partial charge in [-0.1, -0.05) is 103 Å². The van der Waals surface area contributed by atoms with Crippen LogP contribution in [0.1, 0.15) is 122 Å². The van der Waals surface area contributed by atoms with Gasteiger partial charge in [0.25, 0.3) is 5.88 Å². The second-order valence-corrected chi connectivity index (χ2v) is 11.1. The van der Waals surface area contributed by atoms with Crippen molar-refractivity contribution in [3.63, 3.8) is 0 Å². The maximum atomic E-state index is 12.4. The fourth-order valence-corrected chi connectivity index (χ4v) is 4.71. The summed E-state index contributed by atoms with van der Waals surface area (Å²) in [6.45, 7) is 3.67. The third-order valence-electron chi connectivity index (χ3n) is 7.20. The molecule has 2 N–H and O–H groups in total. The van der Waals surface area contributed by atoms with Crippen LogP contribution in [0.3, 0.4) is 0 Å². The molecule has 2 aromatic heterocycles. The molecule has 2 amide bonds. The minimum Gasteiger partial charge on any atom is -0.465 e. The topological polar surface area (TPSA) is 142 Å². The summed E-state index contributed by atoms with van der Waals surface area (Å²) in [5, 5.41) is 8.94. The predicted octanol–water partition coefficient (Wildman–Crippen LogP) is 7.47. The highest BCUT2D eigenvalue weighted by atomic mass is 16.6. The van der Waals surface area contributed by atoms with Crippen molar-refractivity contribution >= 4 is 18.0 Å². The van der Waals surface area contributed by atoms with Crippen molar-refractivity contribution in [2.45, 2.75) is 122 Å². The van der Waals surface area contributed by atoms with Crippen LogP contribution >= 0.6 is 0 Å². The number of ether oxygens (including phenoxy) is 3. The van der Waals surface area contributed by atoms with Crippen LogP contribution in [0.4, 0.5) is 9.59 Å². The van der Waals surface area contributed by atoms with E-state index in [4.69, 9.17) is 18.7 Å². The summed E-state index contributed by atoms with van der Waals surface area (Å²) in [5.41, 5.74) is 0.390. The van der Waals surface area contributed by atoms with Gasteiger partial charge in [0, 0.05) is 18.8 Å². The van der Waals surface area contributed by atoms with Gasteiger partial charge < -0.3 is 29.4 Å². The zero-order valence-corrected chi connectivity index (χ0v) is 26.6. The van der Waals surface area contributed by atoms with E-state index in [2.05, 4.69) is 27.7 Å². The molecule has 0 aromatic carbocycles. The Hall–Kier alpha value is -3.63. The normalized spacial score (nSPS) is 12.2. The lowest BCUT2D eigenvalue weighted by atomic mass is 10.0. The summed E-state index contributed by atoms with van der Waals surface area (Å²) in [7, 11) is 0. The van der Waals surface area contributed by atoms with Crippen molar-refractivity contribution in [2.24, 2.45) is 0 Å². The van der Waals surface area contributed by atoms with Crippen molar-refractivity contribution in [3.05, 3.63) is 42.4 Å². The number of nitrogens with zero attached hydrogens (tertiary/aromatic N) is 2. The fraction of sp³-hybridized carbons (Fsp3) is 0.667. The highest BCUT2D eigenvalue weighted by Crippen LogP contribution is 2.14. The maximum Gasteiger partial charge on any atom is 0.408 e. The molecule has 0 aliphatic carbocycles. The van der Waals surface area contributed by atoms with Gasteiger partial charge in [-0.2, -0.15) is 0 Å². The first-order valence-electron chi connectivity index (χ1n) is 16.3. The zero-order valence-electron chi connectivity index (χ0n) is 26.6. The maximum absolute atomic E-state index is 12.4. The SMILES string of the molecule is CCCCCCCCCCCCCCCCCNC(=O)OCC(COC(=O)NC(C(C)=O)c1ccccn1)Oc1ccon1. The van der Waals surface area contributed by atoms with Gasteiger partial charge >= 0.3 is 12.2 Å². The summed E-state index contributed by atoms with van der Waals surface area (Å²) in [6, 6.07) is 5.59. The molecule has 246 valence electrons. The average molecular weight is 617 g/mol. The number of ketones is 1. The lowest BCUT2D eigenvalue weighted by Gasteiger charge is -2.19. The quantitative estimate of drug-likeness (QED) is 0.109. The van der Waals surface area contributed by atoms with Crippen LogP contribution in [0.5, 0.6) is 5.88 Å². The van der Waals surface area contributed by atoms with Crippen molar-refractivity contribution in [3.8, 4) is 5.88 Å². The first-order chi connectivity index (χ1) is 21.5. The largest absolute Gasteiger partial charge is 0.465 e. The second kappa shape index (κ2) is 23.8. The molecule has 44 heavy (non-hydrogen) atoms. The van der Waals surface area contributed by atoms with Gasteiger partial charge in [0.2, 0.25) is 0 Å². The monoisotopic (exact) mass is 616 g/mol. The Labute approximate surface area is 262 Å². The number of pyridine rings is 1. The van der Waals surface area contributed by atoms with E-state index in [0.717, 1.165) is 19.3 Å². The Morgan fingerprint density at radius 3 is 1.91 bits per heavy atom. The smallest absolute Gasteiger partial charge is 0.408 e. The van der Waals surface area contributed by atoms with E-state index < -0.39 is 24.3 Å². The van der Waals surface area contributed by atoms with Gasteiger partial charge in [0.05, 0.1) is 5.69 Å². The molecule has 11 nitrogen and oxygen atoms in total. The third kappa shape index (κ3) is 17.5. The molecule has 0 bridgehead atoms. The number of rotatable bonds is 25. The highest BCUT2D eigenvalue weighted by Gasteiger charge is 2.23. The Kier molecular flexibility index (Phi) is 19.8. The van der Waals surface area contributed by atoms with Gasteiger partial charge in [-0.3, -0.25) is 9.78 Å². The van der Waals surface area contributed by atoms with E-state index in [9.17, 15) is 14.4 Å². The lowest BCUT2D eigenvalue weighted by molar-refractivity contribution is -0.119. The number of carbonyl (C=O) groups excluding carboxylic acids is 3. The second-order valence-electron chi connectivity index (χ2n) is 11.1. The van der Waals surface area contributed by atoms with Crippen LogP contribution in [0.25, 0.3) is 0 Å². The first-order valence-corrected chi connectivity index (χ1v) is 16.3. The number of unbranched alkanes of at least 4 members (excludes halogenated alkanes) is 14. The van der Waals surface area contributed by atoms with E-state index in [1.54, 1.807) is 18.2 Å². The van der Waals surface area contributed by atoms with Crippen LogP contribution in [0.2, 0.25) is 0 Å². The van der Waals surface area contributed by atoms with Crippen molar-refractivity contribution < 1.29 is 33.1 Å². The Balaban J connectivity index is 1.56. The minimum atomic E-state index is -0.958. The molecule has 0 spiro atoms. The summed E-state index contributed by atoms with van der Waals surface area (Å²) in [6.07, 6.45) is 19.8. The lowest BCUT2D eigenvalue weighted by Crippen LogP contribution is -2.38. The van der Waals surface area contributed by atoms with Crippen molar-refractivity contribution in [2.75, 3.05) is 19.8 Å². The molecular weight excluding hydrogens is 564 g/mol. The number of Topliss-reactive ketones (excluding diaryl/α,β-unsaturated/α-hetero) is 1. The number of hydrogen-bond acceptors (Lipinski definition) is 9. The number of hydrogen-bond donors (Lipinski definition) is 2. The minimum absolute atomic E-state index is 0.149. The molecule has 2 rings (SSSR count). The Bertz CT molecular complexity index is 1020. The summed E-state index contributed by atoms with van der Waals surface area (Å²) in [5.74, 6) is -0.152. The molecule has 2 aromatic rings. The molecular formula is C33H52N4O7. The number of alkyl carbamates (subject to hydrolysis) is 2. The molecule has 11 heteroatoms. The van der Waals surface area contributed by atoms with Crippen LogP contribution in [0.15, 0.2) is 41.2 Å². The van der Waals surface area contributed by atoms with E-state index in [1.807, 2.05) is 0 Å². The number of aromatic nitrogens is 2. The van der Waals surface area contributed by atoms with Crippen molar-refractivity contribution in [1.82, 2.24) is 20.8 Å². The molecule has 2 atom stereocenters. The molecule has 2 unspecified atom stereocenters. The molecule has 0 aliphatic heterocycles. The Morgan fingerprint density at radius 2 is 1.39 bits per heavy atom. The molecule has 0 saturated carbocycles. The van der Waals surface area contributed by atoms with Crippen LogP contribution in [-0.2, 0) is 14.3 Å². The molecule has 0 fully saturated rings. The van der Waals surface area contributed by atoms with Gasteiger partial charge in [0.15, 0.2) is 11.9 Å².